The van der Waals surface area contributed by atoms with Crippen molar-refractivity contribution in [2.24, 2.45) is 0 Å². The highest BCUT2D eigenvalue weighted by molar-refractivity contribution is 5.54. The summed E-state index contributed by atoms with van der Waals surface area (Å²) in [7, 11) is 0. The second kappa shape index (κ2) is 7.11. The highest BCUT2D eigenvalue weighted by atomic mass is 19.2. The van der Waals surface area contributed by atoms with Gasteiger partial charge in [0, 0.05) is 37.9 Å². The predicted octanol–water partition coefficient (Wildman–Crippen LogP) is 3.05. The molecule has 0 radical (unpaired) electrons. The molecule has 2 aromatic heterocycles. The fourth-order valence-electron chi connectivity index (χ4n) is 3.99. The van der Waals surface area contributed by atoms with Crippen LogP contribution in [-0.2, 0) is 0 Å². The Balaban J connectivity index is 1.36. The van der Waals surface area contributed by atoms with Gasteiger partial charge in [-0.25, -0.2) is 28.7 Å². The molecular formula is C21H19F2N5O. The summed E-state index contributed by atoms with van der Waals surface area (Å²) in [6.45, 7) is 0.844. The highest BCUT2D eigenvalue weighted by Crippen LogP contribution is 2.55. The minimum absolute atomic E-state index is 0.0961. The van der Waals surface area contributed by atoms with Gasteiger partial charge in [-0.3, -0.25) is 0 Å². The van der Waals surface area contributed by atoms with Gasteiger partial charge in [0.2, 0.25) is 0 Å². The number of aliphatic hydroxyl groups excluding tert-OH is 1. The Morgan fingerprint density at radius 2 is 1.62 bits per heavy atom. The van der Waals surface area contributed by atoms with Crippen LogP contribution in [0.4, 0.5) is 14.5 Å². The summed E-state index contributed by atoms with van der Waals surface area (Å²) in [5.74, 6) is -0.520. The summed E-state index contributed by atoms with van der Waals surface area (Å²) in [4.78, 5) is 18.7. The summed E-state index contributed by atoms with van der Waals surface area (Å²) < 4.78 is 28.6. The second-order valence-electron chi connectivity index (χ2n) is 7.59. The van der Waals surface area contributed by atoms with Crippen molar-refractivity contribution in [3.05, 3.63) is 65.7 Å². The standard InChI is InChI=1S/C21H19F2N5O/c22-17-6-12(7-18(19(17)23)28-5-2-14(29)11-28)15-8-16(15)13-9-26-21(27-10-13)20-24-3-1-4-25-20/h1,3-4,6-7,9-10,14-16,29H,2,5,8,11H2/t14-,15-,16-/m0/s1. The molecule has 1 aromatic carbocycles. The number of nitrogens with zero attached hydrogens (tertiary/aromatic N) is 5. The topological polar surface area (TPSA) is 75.0 Å². The Morgan fingerprint density at radius 1 is 0.931 bits per heavy atom. The van der Waals surface area contributed by atoms with Gasteiger partial charge in [-0.1, -0.05) is 0 Å². The molecular weight excluding hydrogens is 376 g/mol. The average Bonchev–Trinajstić information content (AvgIpc) is 3.44. The zero-order valence-corrected chi connectivity index (χ0v) is 15.5. The first-order chi connectivity index (χ1) is 14.1. The zero-order chi connectivity index (χ0) is 20.0. The van der Waals surface area contributed by atoms with Crippen molar-refractivity contribution in [3.8, 4) is 11.6 Å². The Kier molecular flexibility index (Phi) is 4.43. The molecule has 6 nitrogen and oxygen atoms in total. The molecule has 0 unspecified atom stereocenters. The molecule has 2 fully saturated rings. The first-order valence-corrected chi connectivity index (χ1v) is 9.61. The van der Waals surface area contributed by atoms with E-state index in [1.807, 2.05) is 0 Å². The van der Waals surface area contributed by atoms with E-state index in [-0.39, 0.29) is 17.5 Å². The summed E-state index contributed by atoms with van der Waals surface area (Å²) in [6.07, 6.45) is 7.66. The van der Waals surface area contributed by atoms with E-state index in [4.69, 9.17) is 0 Å². The van der Waals surface area contributed by atoms with E-state index in [0.717, 1.165) is 17.5 Å². The van der Waals surface area contributed by atoms with Crippen LogP contribution in [0, 0.1) is 11.6 Å². The summed E-state index contributed by atoms with van der Waals surface area (Å²) in [5, 5.41) is 9.73. The smallest absolute Gasteiger partial charge is 0.197 e. The highest BCUT2D eigenvalue weighted by Gasteiger charge is 2.41. The van der Waals surface area contributed by atoms with Crippen LogP contribution in [0.3, 0.4) is 0 Å². The quantitative estimate of drug-likeness (QED) is 0.732. The van der Waals surface area contributed by atoms with E-state index in [0.29, 0.717) is 31.2 Å². The van der Waals surface area contributed by atoms with Crippen molar-refractivity contribution in [2.45, 2.75) is 30.8 Å². The molecule has 5 rings (SSSR count). The molecule has 1 N–H and O–H groups in total. The number of hydrogen-bond acceptors (Lipinski definition) is 6. The average molecular weight is 395 g/mol. The van der Waals surface area contributed by atoms with Crippen LogP contribution < -0.4 is 4.90 Å². The molecule has 1 saturated heterocycles. The van der Waals surface area contributed by atoms with Gasteiger partial charge in [-0.05, 0) is 54.0 Å². The van der Waals surface area contributed by atoms with Crippen LogP contribution >= 0.6 is 0 Å². The SMILES string of the molecule is O[C@H]1CCN(c2cc([C@@H]3C[C@H]3c3cnc(-c4ncccn4)nc3)cc(F)c2F)C1. The molecule has 1 aliphatic carbocycles. The van der Waals surface area contributed by atoms with Gasteiger partial charge < -0.3 is 10.0 Å². The van der Waals surface area contributed by atoms with Gasteiger partial charge >= 0.3 is 0 Å². The van der Waals surface area contributed by atoms with E-state index in [1.165, 1.54) is 6.07 Å². The van der Waals surface area contributed by atoms with Crippen LogP contribution in [0.5, 0.6) is 0 Å². The maximum absolute atomic E-state index is 14.3. The second-order valence-corrected chi connectivity index (χ2v) is 7.59. The van der Waals surface area contributed by atoms with Gasteiger partial charge in [-0.2, -0.15) is 0 Å². The molecule has 2 aliphatic rings. The maximum Gasteiger partial charge on any atom is 0.197 e. The number of hydrogen-bond donors (Lipinski definition) is 1. The summed E-state index contributed by atoms with van der Waals surface area (Å²) >= 11 is 0. The summed E-state index contributed by atoms with van der Waals surface area (Å²) in [6, 6.07) is 4.72. The van der Waals surface area contributed by atoms with E-state index in [1.54, 1.807) is 41.8 Å². The molecule has 0 bridgehead atoms. The molecule has 1 saturated carbocycles. The van der Waals surface area contributed by atoms with Crippen molar-refractivity contribution in [2.75, 3.05) is 18.0 Å². The number of halogens is 2. The van der Waals surface area contributed by atoms with Crippen LogP contribution in [-0.4, -0.2) is 44.2 Å². The largest absolute Gasteiger partial charge is 0.391 e. The minimum atomic E-state index is -0.851. The van der Waals surface area contributed by atoms with E-state index in [9.17, 15) is 13.9 Å². The first kappa shape index (κ1) is 18.1. The Morgan fingerprint density at radius 3 is 2.31 bits per heavy atom. The van der Waals surface area contributed by atoms with E-state index >= 15 is 0 Å². The Bertz CT molecular complexity index is 1030. The van der Waals surface area contributed by atoms with Crippen LogP contribution in [0.25, 0.3) is 11.6 Å². The fourth-order valence-corrected chi connectivity index (χ4v) is 3.99. The molecule has 8 heteroatoms. The number of β-amino-alcohol motifs (C(OH)–C–C–N with tert-alkyl or cyclic N) is 1. The monoisotopic (exact) mass is 395 g/mol. The minimum Gasteiger partial charge on any atom is -0.391 e. The lowest BCUT2D eigenvalue weighted by atomic mass is 10.0. The van der Waals surface area contributed by atoms with E-state index in [2.05, 4.69) is 19.9 Å². The Labute approximate surface area is 166 Å². The van der Waals surface area contributed by atoms with Crippen molar-refractivity contribution >= 4 is 5.69 Å². The lowest BCUT2D eigenvalue weighted by Crippen LogP contribution is -2.22. The molecule has 3 aromatic rings. The Hall–Kier alpha value is -3.00. The van der Waals surface area contributed by atoms with Gasteiger partial charge in [0.05, 0.1) is 11.8 Å². The third kappa shape index (κ3) is 3.44. The van der Waals surface area contributed by atoms with Crippen LogP contribution in [0.1, 0.15) is 35.8 Å². The van der Waals surface area contributed by atoms with Crippen LogP contribution in [0.2, 0.25) is 0 Å². The number of anilines is 1. The van der Waals surface area contributed by atoms with Crippen molar-refractivity contribution in [1.29, 1.82) is 0 Å². The third-order valence-electron chi connectivity index (χ3n) is 5.62. The van der Waals surface area contributed by atoms with Gasteiger partial charge in [0.25, 0.3) is 0 Å². The third-order valence-corrected chi connectivity index (χ3v) is 5.62. The molecule has 3 atom stereocenters. The predicted molar refractivity (Wildman–Crippen MR) is 102 cm³/mol. The molecule has 148 valence electrons. The van der Waals surface area contributed by atoms with Gasteiger partial charge in [-0.15, -0.1) is 0 Å². The first-order valence-electron chi connectivity index (χ1n) is 9.61. The number of aromatic nitrogens is 4. The van der Waals surface area contributed by atoms with Crippen molar-refractivity contribution < 1.29 is 13.9 Å². The molecule has 29 heavy (non-hydrogen) atoms. The lowest BCUT2D eigenvalue weighted by Gasteiger charge is -2.20. The number of rotatable bonds is 4. The van der Waals surface area contributed by atoms with E-state index < -0.39 is 17.7 Å². The lowest BCUT2D eigenvalue weighted by molar-refractivity contribution is 0.198. The summed E-state index contributed by atoms with van der Waals surface area (Å²) in [5.41, 5.74) is 1.95. The van der Waals surface area contributed by atoms with Gasteiger partial charge in [0.1, 0.15) is 0 Å². The van der Waals surface area contributed by atoms with Crippen molar-refractivity contribution in [3.63, 3.8) is 0 Å². The van der Waals surface area contributed by atoms with Crippen LogP contribution in [0.15, 0.2) is 43.0 Å². The fraction of sp³-hybridized carbons (Fsp3) is 0.333. The normalized spacial score (nSPS) is 23.4. The van der Waals surface area contributed by atoms with Crippen molar-refractivity contribution in [1.82, 2.24) is 19.9 Å². The molecule has 0 spiro atoms. The maximum atomic E-state index is 14.3. The number of benzene rings is 1. The molecule has 1 aliphatic heterocycles. The molecule has 0 amide bonds. The zero-order valence-electron chi connectivity index (χ0n) is 15.5. The number of aliphatic hydroxyl groups is 1. The van der Waals surface area contributed by atoms with Gasteiger partial charge in [0.15, 0.2) is 23.3 Å². The molecule has 3 heterocycles.